The van der Waals surface area contributed by atoms with Gasteiger partial charge in [-0.2, -0.15) is 0 Å². The van der Waals surface area contributed by atoms with Crippen LogP contribution in [0.25, 0.3) is 0 Å². The van der Waals surface area contributed by atoms with Crippen LogP contribution in [0, 0.1) is 11.3 Å². The van der Waals surface area contributed by atoms with Crippen LogP contribution < -0.4 is 5.73 Å². The van der Waals surface area contributed by atoms with Gasteiger partial charge in [0, 0.05) is 31.2 Å². The van der Waals surface area contributed by atoms with E-state index in [0.29, 0.717) is 13.1 Å². The Labute approximate surface area is 91.4 Å². The van der Waals surface area contributed by atoms with Crippen molar-refractivity contribution in [3.63, 3.8) is 0 Å². The molecule has 0 aromatic heterocycles. The fourth-order valence-electron chi connectivity index (χ4n) is 1.52. The SMILES string of the molecule is CC(C)(N)C(C)(C)C(=O)N1CC(CO)C1. The van der Waals surface area contributed by atoms with Gasteiger partial charge in [-0.25, -0.2) is 0 Å². The molecule has 0 spiro atoms. The van der Waals surface area contributed by atoms with Gasteiger partial charge in [-0.1, -0.05) is 0 Å². The predicted molar refractivity (Wildman–Crippen MR) is 59.2 cm³/mol. The zero-order valence-electron chi connectivity index (χ0n) is 10.1. The van der Waals surface area contributed by atoms with Gasteiger partial charge in [-0.05, 0) is 27.7 Å². The molecule has 1 fully saturated rings. The van der Waals surface area contributed by atoms with Crippen LogP contribution in [-0.2, 0) is 4.79 Å². The Morgan fingerprint density at radius 2 is 1.87 bits per heavy atom. The molecule has 0 aromatic rings. The highest BCUT2D eigenvalue weighted by Gasteiger charge is 2.45. The van der Waals surface area contributed by atoms with E-state index in [-0.39, 0.29) is 18.4 Å². The monoisotopic (exact) mass is 214 g/mol. The molecular formula is C11H22N2O2. The van der Waals surface area contributed by atoms with Crippen molar-refractivity contribution in [2.24, 2.45) is 17.1 Å². The van der Waals surface area contributed by atoms with Gasteiger partial charge in [-0.15, -0.1) is 0 Å². The topological polar surface area (TPSA) is 66.6 Å². The largest absolute Gasteiger partial charge is 0.396 e. The highest BCUT2D eigenvalue weighted by atomic mass is 16.3. The Morgan fingerprint density at radius 1 is 1.40 bits per heavy atom. The third kappa shape index (κ3) is 2.16. The molecule has 88 valence electrons. The van der Waals surface area contributed by atoms with Gasteiger partial charge in [0.15, 0.2) is 0 Å². The number of aliphatic hydroxyl groups is 1. The molecule has 0 atom stereocenters. The first-order valence-electron chi connectivity index (χ1n) is 5.39. The summed E-state index contributed by atoms with van der Waals surface area (Å²) in [5.74, 6) is 0.338. The molecule has 4 heteroatoms. The maximum absolute atomic E-state index is 12.1. The summed E-state index contributed by atoms with van der Waals surface area (Å²) >= 11 is 0. The molecule has 0 radical (unpaired) electrons. The normalized spacial score (nSPS) is 18.9. The maximum Gasteiger partial charge on any atom is 0.230 e. The van der Waals surface area contributed by atoms with Crippen molar-refractivity contribution < 1.29 is 9.90 Å². The summed E-state index contributed by atoms with van der Waals surface area (Å²) in [7, 11) is 0. The number of nitrogens with zero attached hydrogens (tertiary/aromatic N) is 1. The molecule has 1 heterocycles. The minimum atomic E-state index is -0.562. The molecule has 1 saturated heterocycles. The highest BCUT2D eigenvalue weighted by molar-refractivity contribution is 5.84. The van der Waals surface area contributed by atoms with Crippen LogP contribution in [0.15, 0.2) is 0 Å². The van der Waals surface area contributed by atoms with Crippen LogP contribution in [0.5, 0.6) is 0 Å². The molecule has 1 aliphatic heterocycles. The average molecular weight is 214 g/mol. The Balaban J connectivity index is 2.62. The van der Waals surface area contributed by atoms with Gasteiger partial charge < -0.3 is 15.7 Å². The number of rotatable bonds is 3. The van der Waals surface area contributed by atoms with Crippen LogP contribution in [-0.4, -0.2) is 41.1 Å². The van der Waals surface area contributed by atoms with Crippen LogP contribution >= 0.6 is 0 Å². The van der Waals surface area contributed by atoms with Gasteiger partial charge >= 0.3 is 0 Å². The maximum atomic E-state index is 12.1. The summed E-state index contributed by atoms with van der Waals surface area (Å²) in [5.41, 5.74) is 4.91. The lowest BCUT2D eigenvalue weighted by Gasteiger charge is -2.46. The van der Waals surface area contributed by atoms with E-state index in [2.05, 4.69) is 0 Å². The van der Waals surface area contributed by atoms with E-state index in [4.69, 9.17) is 10.8 Å². The fourth-order valence-corrected chi connectivity index (χ4v) is 1.52. The van der Waals surface area contributed by atoms with Gasteiger partial charge in [-0.3, -0.25) is 4.79 Å². The van der Waals surface area contributed by atoms with Gasteiger partial charge in [0.25, 0.3) is 0 Å². The Bertz CT molecular complexity index is 250. The molecule has 0 unspecified atom stereocenters. The molecule has 0 aromatic carbocycles. The Morgan fingerprint density at radius 3 is 2.20 bits per heavy atom. The molecule has 3 N–H and O–H groups in total. The van der Waals surface area contributed by atoms with Crippen molar-refractivity contribution in [1.82, 2.24) is 4.90 Å². The first-order chi connectivity index (χ1) is 6.70. The number of nitrogens with two attached hydrogens (primary N) is 1. The summed E-state index contributed by atoms with van der Waals surface area (Å²) in [6.45, 7) is 8.98. The van der Waals surface area contributed by atoms with Gasteiger partial charge in [0.2, 0.25) is 5.91 Å². The molecule has 1 aliphatic rings. The highest BCUT2D eigenvalue weighted by Crippen LogP contribution is 2.33. The van der Waals surface area contributed by atoms with Crippen molar-refractivity contribution in [3.8, 4) is 0 Å². The Hall–Kier alpha value is -0.610. The molecule has 4 nitrogen and oxygen atoms in total. The third-order valence-corrected chi connectivity index (χ3v) is 3.65. The van der Waals surface area contributed by atoms with E-state index >= 15 is 0 Å². The van der Waals surface area contributed by atoms with Crippen LogP contribution in [0.3, 0.4) is 0 Å². The van der Waals surface area contributed by atoms with Crippen molar-refractivity contribution in [1.29, 1.82) is 0 Å². The quantitative estimate of drug-likeness (QED) is 0.705. The average Bonchev–Trinajstić information content (AvgIpc) is 1.99. The van der Waals surface area contributed by atoms with Crippen molar-refractivity contribution in [2.75, 3.05) is 19.7 Å². The zero-order valence-corrected chi connectivity index (χ0v) is 10.1. The molecule has 0 bridgehead atoms. The summed E-state index contributed by atoms with van der Waals surface area (Å²) in [4.78, 5) is 13.9. The van der Waals surface area contributed by atoms with Crippen LogP contribution in [0.4, 0.5) is 0 Å². The molecule has 1 rings (SSSR count). The van der Waals surface area contributed by atoms with Crippen LogP contribution in [0.1, 0.15) is 27.7 Å². The molecule has 0 aliphatic carbocycles. The van der Waals surface area contributed by atoms with Gasteiger partial charge in [0.1, 0.15) is 0 Å². The molecule has 0 saturated carbocycles. The number of carbonyl (C=O) groups excluding carboxylic acids is 1. The second-order valence-electron chi connectivity index (χ2n) is 5.61. The van der Waals surface area contributed by atoms with E-state index in [1.165, 1.54) is 0 Å². The van der Waals surface area contributed by atoms with E-state index < -0.39 is 11.0 Å². The summed E-state index contributed by atoms with van der Waals surface area (Å²) in [6.07, 6.45) is 0. The Kier molecular flexibility index (Phi) is 3.12. The second kappa shape index (κ2) is 3.76. The minimum Gasteiger partial charge on any atom is -0.396 e. The summed E-state index contributed by atoms with van der Waals surface area (Å²) in [5, 5.41) is 8.89. The number of likely N-dealkylation sites (tertiary alicyclic amines) is 1. The first-order valence-corrected chi connectivity index (χ1v) is 5.39. The van der Waals surface area contributed by atoms with Gasteiger partial charge in [0.05, 0.1) is 5.41 Å². The smallest absolute Gasteiger partial charge is 0.230 e. The number of aliphatic hydroxyl groups excluding tert-OH is 1. The number of hydrogen-bond acceptors (Lipinski definition) is 3. The fraction of sp³-hybridized carbons (Fsp3) is 0.909. The predicted octanol–water partition coefficient (Wildman–Crippen LogP) is 0.201. The minimum absolute atomic E-state index is 0.0831. The lowest BCUT2D eigenvalue weighted by atomic mass is 9.73. The second-order valence-corrected chi connectivity index (χ2v) is 5.61. The third-order valence-electron chi connectivity index (χ3n) is 3.65. The molecule has 1 amide bonds. The number of carbonyl (C=O) groups is 1. The van der Waals surface area contributed by atoms with E-state index in [0.717, 1.165) is 0 Å². The van der Waals surface area contributed by atoms with Crippen molar-refractivity contribution in [2.45, 2.75) is 33.2 Å². The zero-order chi connectivity index (χ0) is 11.9. The van der Waals surface area contributed by atoms with Crippen molar-refractivity contribution in [3.05, 3.63) is 0 Å². The van der Waals surface area contributed by atoms with Crippen molar-refractivity contribution >= 4 is 5.91 Å². The lowest BCUT2D eigenvalue weighted by molar-refractivity contribution is -0.151. The van der Waals surface area contributed by atoms with E-state index in [1.807, 2.05) is 27.7 Å². The van der Waals surface area contributed by atoms with E-state index in [9.17, 15) is 4.79 Å². The summed E-state index contributed by atoms with van der Waals surface area (Å²) < 4.78 is 0. The van der Waals surface area contributed by atoms with Crippen LogP contribution in [0.2, 0.25) is 0 Å². The summed E-state index contributed by atoms with van der Waals surface area (Å²) in [6, 6.07) is 0. The number of amides is 1. The lowest BCUT2D eigenvalue weighted by Crippen LogP contribution is -2.61. The number of hydrogen-bond donors (Lipinski definition) is 2. The standard InChI is InChI=1S/C11H22N2O2/c1-10(2,11(3,4)12)9(15)13-5-8(6-13)7-14/h8,14H,5-7,12H2,1-4H3. The molecular weight excluding hydrogens is 192 g/mol. The van der Waals surface area contributed by atoms with E-state index in [1.54, 1.807) is 4.90 Å². The molecule has 15 heavy (non-hydrogen) atoms. The first kappa shape index (κ1) is 12.5.